The molecule has 9 heteroatoms. The topological polar surface area (TPSA) is 73.2 Å². The van der Waals surface area contributed by atoms with Crippen LogP contribution in [0.2, 0.25) is 0 Å². The van der Waals surface area contributed by atoms with E-state index >= 15 is 0 Å². The molecule has 174 valence electrons. The third-order valence-corrected chi connectivity index (χ3v) is 4.83. The first-order chi connectivity index (χ1) is 15.9. The number of hydrogen-bond donors (Lipinski definition) is 1. The summed E-state index contributed by atoms with van der Waals surface area (Å²) in [5.74, 6) is -1.87. The van der Waals surface area contributed by atoms with Crippen molar-refractivity contribution < 1.29 is 27.5 Å². The number of carbonyl (C=O) groups excluding carboxylic acids is 2. The number of ether oxygens (including phenoxy) is 1. The summed E-state index contributed by atoms with van der Waals surface area (Å²) in [4.78, 5) is 24.4. The van der Waals surface area contributed by atoms with Gasteiger partial charge in [-0.1, -0.05) is 37.3 Å². The molecule has 2 aromatic carbocycles. The highest BCUT2D eigenvalue weighted by Gasteiger charge is 2.22. The zero-order chi connectivity index (χ0) is 23.8. The van der Waals surface area contributed by atoms with Gasteiger partial charge in [0, 0.05) is 24.2 Å². The van der Waals surface area contributed by atoms with E-state index in [4.69, 9.17) is 4.74 Å². The van der Waals surface area contributed by atoms with Crippen molar-refractivity contribution in [1.82, 2.24) is 15.1 Å². The van der Waals surface area contributed by atoms with Gasteiger partial charge in [0.15, 0.2) is 0 Å². The Bertz CT molecular complexity index is 1100. The van der Waals surface area contributed by atoms with Crippen molar-refractivity contribution in [2.24, 2.45) is 0 Å². The molecular formula is C24H24F3N3O3. The summed E-state index contributed by atoms with van der Waals surface area (Å²) in [6.07, 6.45) is -1.17. The number of esters is 1. The minimum Gasteiger partial charge on any atom is -0.461 e. The number of aryl methyl sites for hydroxylation is 1. The predicted octanol–water partition coefficient (Wildman–Crippen LogP) is 4.90. The van der Waals surface area contributed by atoms with Gasteiger partial charge in [0.05, 0.1) is 23.9 Å². The molecule has 3 aromatic rings. The molecule has 0 fully saturated rings. The minimum atomic E-state index is -2.80. The maximum Gasteiger partial charge on any atom is 0.307 e. The maximum absolute atomic E-state index is 14.3. The number of amides is 1. The molecule has 0 bridgehead atoms. The van der Waals surface area contributed by atoms with Gasteiger partial charge >= 0.3 is 5.97 Å². The van der Waals surface area contributed by atoms with Crippen molar-refractivity contribution in [1.29, 1.82) is 0 Å². The van der Waals surface area contributed by atoms with Gasteiger partial charge in [-0.3, -0.25) is 14.3 Å². The van der Waals surface area contributed by atoms with Gasteiger partial charge in [0.1, 0.15) is 12.4 Å². The van der Waals surface area contributed by atoms with Gasteiger partial charge in [0.25, 0.3) is 12.3 Å². The second-order valence-electron chi connectivity index (χ2n) is 7.35. The van der Waals surface area contributed by atoms with E-state index in [1.807, 2.05) is 37.3 Å². The van der Waals surface area contributed by atoms with Crippen LogP contribution in [0.4, 0.5) is 13.2 Å². The number of nitrogens with one attached hydrogen (secondary N) is 1. The van der Waals surface area contributed by atoms with Crippen molar-refractivity contribution in [3.05, 3.63) is 77.2 Å². The Morgan fingerprint density at radius 3 is 2.61 bits per heavy atom. The fourth-order valence-electron chi connectivity index (χ4n) is 3.30. The zero-order valence-corrected chi connectivity index (χ0v) is 18.1. The summed E-state index contributed by atoms with van der Waals surface area (Å²) in [5, 5.41) is 6.51. The van der Waals surface area contributed by atoms with Crippen LogP contribution in [0.25, 0.3) is 11.3 Å². The van der Waals surface area contributed by atoms with Gasteiger partial charge in [-0.05, 0) is 30.2 Å². The first kappa shape index (κ1) is 24.0. The van der Waals surface area contributed by atoms with Crippen molar-refractivity contribution in [3.8, 4) is 11.3 Å². The maximum atomic E-state index is 14.3. The molecule has 1 amide bonds. The Balaban J connectivity index is 1.65. The highest BCUT2D eigenvalue weighted by molar-refractivity contribution is 5.95. The molecule has 33 heavy (non-hydrogen) atoms. The van der Waals surface area contributed by atoms with E-state index in [9.17, 15) is 22.8 Å². The van der Waals surface area contributed by atoms with Gasteiger partial charge < -0.3 is 10.1 Å². The third kappa shape index (κ3) is 6.44. The largest absolute Gasteiger partial charge is 0.461 e. The standard InChI is InChI=1S/C24H24F3N3O3/c1-2-10-30-22(20(14-29-30)23(26)27)17-11-18(13-19(25)12-17)24(32)28-9-8-21(31)33-15-16-6-4-3-5-7-16/h3-7,11-14,23H,2,8-10,15H2,1H3,(H,28,32). The summed E-state index contributed by atoms with van der Waals surface area (Å²) in [6, 6.07) is 12.6. The average Bonchev–Trinajstić information content (AvgIpc) is 3.22. The van der Waals surface area contributed by atoms with E-state index in [0.717, 1.165) is 23.9 Å². The van der Waals surface area contributed by atoms with Crippen molar-refractivity contribution >= 4 is 11.9 Å². The van der Waals surface area contributed by atoms with Crippen LogP contribution in [0.5, 0.6) is 0 Å². The molecule has 0 aliphatic heterocycles. The lowest BCUT2D eigenvalue weighted by molar-refractivity contribution is -0.144. The van der Waals surface area contributed by atoms with Gasteiger partial charge in [0.2, 0.25) is 0 Å². The monoisotopic (exact) mass is 459 g/mol. The van der Waals surface area contributed by atoms with E-state index in [2.05, 4.69) is 10.4 Å². The van der Waals surface area contributed by atoms with Crippen molar-refractivity contribution in [3.63, 3.8) is 0 Å². The fraction of sp³-hybridized carbons (Fsp3) is 0.292. The molecule has 1 heterocycles. The number of hydrogen-bond acceptors (Lipinski definition) is 4. The molecule has 0 atom stereocenters. The van der Waals surface area contributed by atoms with E-state index < -0.39 is 24.1 Å². The molecule has 3 rings (SSSR count). The average molecular weight is 459 g/mol. The SMILES string of the molecule is CCCn1ncc(C(F)F)c1-c1cc(F)cc(C(=O)NCCC(=O)OCc2ccccc2)c1. The Kier molecular flexibility index (Phi) is 8.23. The zero-order valence-electron chi connectivity index (χ0n) is 18.1. The molecule has 0 aliphatic carbocycles. The van der Waals surface area contributed by atoms with Crippen LogP contribution < -0.4 is 5.32 Å². The molecular weight excluding hydrogens is 435 g/mol. The summed E-state index contributed by atoms with van der Waals surface area (Å²) in [5.41, 5.74) is 0.662. The molecule has 0 saturated heterocycles. The van der Waals surface area contributed by atoms with Crippen molar-refractivity contribution in [2.45, 2.75) is 39.3 Å². The molecule has 0 spiro atoms. The lowest BCUT2D eigenvalue weighted by Crippen LogP contribution is -2.26. The molecule has 0 unspecified atom stereocenters. The summed E-state index contributed by atoms with van der Waals surface area (Å²) in [7, 11) is 0. The minimum absolute atomic E-state index is 0.0195. The van der Waals surface area contributed by atoms with Gasteiger partial charge in [-0.15, -0.1) is 0 Å². The predicted molar refractivity (Wildman–Crippen MR) is 116 cm³/mol. The smallest absolute Gasteiger partial charge is 0.307 e. The number of rotatable bonds is 10. The van der Waals surface area contributed by atoms with Crippen LogP contribution >= 0.6 is 0 Å². The molecule has 1 aromatic heterocycles. The van der Waals surface area contributed by atoms with E-state index in [1.54, 1.807) is 0 Å². The molecule has 0 aliphatic rings. The Labute approximate surface area is 189 Å². The Morgan fingerprint density at radius 2 is 1.91 bits per heavy atom. The molecule has 6 nitrogen and oxygen atoms in total. The Hall–Kier alpha value is -3.62. The number of carbonyl (C=O) groups is 2. The number of halogens is 3. The van der Waals surface area contributed by atoms with Gasteiger partial charge in [-0.2, -0.15) is 5.10 Å². The molecule has 0 radical (unpaired) electrons. The van der Waals surface area contributed by atoms with Crippen LogP contribution in [0.1, 0.15) is 47.7 Å². The number of alkyl halides is 2. The van der Waals surface area contributed by atoms with Crippen molar-refractivity contribution in [2.75, 3.05) is 6.54 Å². The fourth-order valence-corrected chi connectivity index (χ4v) is 3.30. The van der Waals surface area contributed by atoms with Gasteiger partial charge in [-0.25, -0.2) is 13.2 Å². The summed E-state index contributed by atoms with van der Waals surface area (Å²) < 4.78 is 47.7. The summed E-state index contributed by atoms with van der Waals surface area (Å²) >= 11 is 0. The first-order valence-electron chi connectivity index (χ1n) is 10.5. The van der Waals surface area contributed by atoms with Crippen LogP contribution in [-0.2, 0) is 22.7 Å². The number of benzene rings is 2. The number of aromatic nitrogens is 2. The molecule has 0 saturated carbocycles. The lowest BCUT2D eigenvalue weighted by Gasteiger charge is -2.12. The van der Waals surface area contributed by atoms with Crippen LogP contribution in [0.15, 0.2) is 54.7 Å². The number of nitrogens with zero attached hydrogens (tertiary/aromatic N) is 2. The third-order valence-electron chi connectivity index (χ3n) is 4.83. The molecule has 1 N–H and O–H groups in total. The van der Waals surface area contributed by atoms with Crippen LogP contribution in [0.3, 0.4) is 0 Å². The first-order valence-corrected chi connectivity index (χ1v) is 10.5. The second-order valence-corrected chi connectivity index (χ2v) is 7.35. The quantitative estimate of drug-likeness (QED) is 0.438. The highest BCUT2D eigenvalue weighted by Crippen LogP contribution is 2.32. The van der Waals surface area contributed by atoms with Crippen LogP contribution in [0, 0.1) is 5.82 Å². The van der Waals surface area contributed by atoms with Crippen LogP contribution in [-0.4, -0.2) is 28.2 Å². The Morgan fingerprint density at radius 1 is 1.15 bits per heavy atom. The summed E-state index contributed by atoms with van der Waals surface area (Å²) in [6.45, 7) is 2.33. The second kappa shape index (κ2) is 11.3. The highest BCUT2D eigenvalue weighted by atomic mass is 19.3. The van der Waals surface area contributed by atoms with E-state index in [0.29, 0.717) is 13.0 Å². The lowest BCUT2D eigenvalue weighted by atomic mass is 10.0. The van der Waals surface area contributed by atoms with E-state index in [1.165, 1.54) is 10.7 Å². The normalized spacial score (nSPS) is 10.9. The van der Waals surface area contributed by atoms with E-state index in [-0.39, 0.29) is 42.0 Å².